The summed E-state index contributed by atoms with van der Waals surface area (Å²) >= 11 is 0. The Morgan fingerprint density at radius 3 is 1.39 bits per heavy atom. The fraction of sp³-hybridized carbons (Fsp3) is 0.900. The summed E-state index contributed by atoms with van der Waals surface area (Å²) in [6.07, 6.45) is 33.6. The molecule has 1 fully saturated rings. The summed E-state index contributed by atoms with van der Waals surface area (Å²) in [6, 6.07) is -1.18. The molecule has 1 amide bonds. The minimum Gasteiger partial charge on any atom is -0.394 e. The van der Waals surface area contributed by atoms with Crippen LogP contribution in [0.4, 0.5) is 0 Å². The van der Waals surface area contributed by atoms with Crippen LogP contribution in [0.25, 0.3) is 0 Å². The van der Waals surface area contributed by atoms with E-state index in [4.69, 9.17) is 9.47 Å². The van der Waals surface area contributed by atoms with E-state index in [2.05, 4.69) is 43.5 Å². The zero-order chi connectivity index (χ0) is 44.8. The number of carbonyl (C=O) groups is 1. The molecule has 0 spiro atoms. The molecular formula is C50H95NO10. The molecule has 360 valence electrons. The van der Waals surface area contributed by atoms with Crippen molar-refractivity contribution in [1.29, 1.82) is 0 Å². The minimum absolute atomic E-state index is 0.256. The van der Waals surface area contributed by atoms with Crippen molar-refractivity contribution in [3.8, 4) is 0 Å². The molecule has 1 heterocycles. The van der Waals surface area contributed by atoms with Gasteiger partial charge in [0.1, 0.15) is 36.6 Å². The molecule has 1 rings (SSSR count). The molecule has 0 radical (unpaired) electrons. The second-order valence-electron chi connectivity index (χ2n) is 17.9. The first-order chi connectivity index (χ1) is 29.7. The number of nitrogens with one attached hydrogen (secondary N) is 1. The van der Waals surface area contributed by atoms with Crippen LogP contribution in [-0.4, -0.2) is 110 Å². The van der Waals surface area contributed by atoms with E-state index in [0.717, 1.165) is 44.9 Å². The van der Waals surface area contributed by atoms with Gasteiger partial charge >= 0.3 is 0 Å². The first kappa shape index (κ1) is 57.6. The number of ether oxygens (including phenoxy) is 2. The van der Waals surface area contributed by atoms with E-state index in [9.17, 15) is 40.5 Å². The van der Waals surface area contributed by atoms with Crippen LogP contribution < -0.4 is 5.32 Å². The average molecular weight is 870 g/mol. The van der Waals surface area contributed by atoms with Gasteiger partial charge in [-0.25, -0.2) is 0 Å². The Morgan fingerprint density at radius 2 is 0.951 bits per heavy atom. The zero-order valence-electron chi connectivity index (χ0n) is 38.9. The van der Waals surface area contributed by atoms with Crippen molar-refractivity contribution in [2.45, 2.75) is 274 Å². The fourth-order valence-corrected chi connectivity index (χ4v) is 8.02. The summed E-state index contributed by atoms with van der Waals surface area (Å²) in [4.78, 5) is 13.1. The SMILES string of the molecule is CCCCCCCC/C=C\CCCCCCCCCCCC[C@@H](O)C(=O)N[C@@H](CO[C@@H]1O[C@H](CO)[C@@H](O)[C@H](O)[C@H]1O)[C@@H](O)[C@@H](O)CCCCC/C=C\CCCCCCCCC. The molecular weight excluding hydrogens is 775 g/mol. The van der Waals surface area contributed by atoms with Gasteiger partial charge in [-0.15, -0.1) is 0 Å². The van der Waals surface area contributed by atoms with Crippen LogP contribution in [0.15, 0.2) is 24.3 Å². The summed E-state index contributed by atoms with van der Waals surface area (Å²) < 4.78 is 11.1. The predicted molar refractivity (Wildman–Crippen MR) is 247 cm³/mol. The molecule has 1 aliphatic heterocycles. The van der Waals surface area contributed by atoms with Gasteiger partial charge in [-0.05, 0) is 64.2 Å². The summed E-state index contributed by atoms with van der Waals surface area (Å²) in [5, 5.41) is 75.8. The highest BCUT2D eigenvalue weighted by atomic mass is 16.7. The predicted octanol–water partition coefficient (Wildman–Crippen LogP) is 9.01. The number of allylic oxidation sites excluding steroid dienone is 4. The molecule has 9 atom stereocenters. The standard InChI is InChI=1S/C50H95NO10/c1-3-5-7-9-11-13-15-17-19-20-21-22-23-24-26-28-30-32-34-36-38-43(54)49(59)51-41(40-60-50-48(58)47(57)46(56)44(39-52)61-50)45(55)42(53)37-35-33-31-29-27-25-18-16-14-12-10-8-6-4-2/h17,19,25,27,41-48,50,52-58H,3-16,18,20-24,26,28-40H2,1-2H3,(H,51,59)/b19-17-,27-25-/t41-,42-,43+,44+,45+,46+,47-,48+,50+/m0/s1. The second-order valence-corrected chi connectivity index (χ2v) is 17.9. The van der Waals surface area contributed by atoms with E-state index < -0.39 is 74.2 Å². The van der Waals surface area contributed by atoms with Crippen LogP contribution in [0.2, 0.25) is 0 Å². The van der Waals surface area contributed by atoms with Crippen molar-refractivity contribution in [3.63, 3.8) is 0 Å². The molecule has 8 N–H and O–H groups in total. The van der Waals surface area contributed by atoms with Gasteiger partial charge in [-0.1, -0.05) is 179 Å². The van der Waals surface area contributed by atoms with E-state index in [1.807, 2.05) is 0 Å². The van der Waals surface area contributed by atoms with Crippen molar-refractivity contribution in [2.24, 2.45) is 0 Å². The van der Waals surface area contributed by atoms with Gasteiger partial charge in [0.15, 0.2) is 6.29 Å². The highest BCUT2D eigenvalue weighted by molar-refractivity contribution is 5.80. The number of aliphatic hydroxyl groups is 7. The topological polar surface area (TPSA) is 189 Å². The van der Waals surface area contributed by atoms with Gasteiger partial charge in [0, 0.05) is 0 Å². The van der Waals surface area contributed by atoms with Crippen molar-refractivity contribution >= 4 is 5.91 Å². The Balaban J connectivity index is 2.40. The first-order valence-electron chi connectivity index (χ1n) is 25.2. The maximum absolute atomic E-state index is 13.1. The van der Waals surface area contributed by atoms with Crippen LogP contribution in [0.3, 0.4) is 0 Å². The van der Waals surface area contributed by atoms with E-state index >= 15 is 0 Å². The number of rotatable bonds is 42. The quantitative estimate of drug-likeness (QED) is 0.0217. The third-order valence-electron chi connectivity index (χ3n) is 12.2. The van der Waals surface area contributed by atoms with Gasteiger partial charge in [0.05, 0.1) is 25.4 Å². The van der Waals surface area contributed by atoms with E-state index in [-0.39, 0.29) is 12.8 Å². The Labute approximate surface area is 372 Å². The van der Waals surface area contributed by atoms with Crippen molar-refractivity contribution < 1.29 is 50.0 Å². The van der Waals surface area contributed by atoms with Gasteiger partial charge in [-0.3, -0.25) is 4.79 Å². The minimum atomic E-state index is -1.66. The van der Waals surface area contributed by atoms with Crippen LogP contribution >= 0.6 is 0 Å². The lowest BCUT2D eigenvalue weighted by Gasteiger charge is -2.40. The maximum atomic E-state index is 13.1. The van der Waals surface area contributed by atoms with Gasteiger partial charge in [0.25, 0.3) is 0 Å². The van der Waals surface area contributed by atoms with E-state index in [0.29, 0.717) is 12.8 Å². The number of aliphatic hydroxyl groups excluding tert-OH is 7. The lowest BCUT2D eigenvalue weighted by Crippen LogP contribution is -2.60. The Bertz CT molecular complexity index is 1040. The van der Waals surface area contributed by atoms with Gasteiger partial charge in [-0.2, -0.15) is 0 Å². The number of unbranched alkanes of at least 4 members (excludes halogenated alkanes) is 26. The molecule has 0 aromatic heterocycles. The number of hydrogen-bond acceptors (Lipinski definition) is 10. The normalized spacial score (nSPS) is 21.6. The number of amides is 1. The van der Waals surface area contributed by atoms with Crippen molar-refractivity contribution in [3.05, 3.63) is 24.3 Å². The molecule has 11 nitrogen and oxygen atoms in total. The largest absolute Gasteiger partial charge is 0.394 e. The first-order valence-corrected chi connectivity index (χ1v) is 25.2. The molecule has 11 heteroatoms. The van der Waals surface area contributed by atoms with Crippen LogP contribution in [0, 0.1) is 0 Å². The summed E-state index contributed by atoms with van der Waals surface area (Å²) in [5.41, 5.74) is 0. The zero-order valence-corrected chi connectivity index (χ0v) is 38.9. The molecule has 0 saturated carbocycles. The molecule has 0 aromatic carbocycles. The van der Waals surface area contributed by atoms with Crippen molar-refractivity contribution in [2.75, 3.05) is 13.2 Å². The summed E-state index contributed by atoms with van der Waals surface area (Å²) in [5.74, 6) is -0.703. The van der Waals surface area contributed by atoms with Crippen LogP contribution in [0.1, 0.15) is 219 Å². The highest BCUT2D eigenvalue weighted by Gasteiger charge is 2.44. The molecule has 0 bridgehead atoms. The van der Waals surface area contributed by atoms with Crippen LogP contribution in [-0.2, 0) is 14.3 Å². The summed E-state index contributed by atoms with van der Waals surface area (Å²) in [6.45, 7) is 3.43. The van der Waals surface area contributed by atoms with E-state index in [1.165, 1.54) is 135 Å². The summed E-state index contributed by atoms with van der Waals surface area (Å²) in [7, 11) is 0. The number of carbonyl (C=O) groups excluding carboxylic acids is 1. The Kier molecular flexibility index (Phi) is 37.9. The molecule has 0 aliphatic carbocycles. The van der Waals surface area contributed by atoms with E-state index in [1.54, 1.807) is 0 Å². The molecule has 61 heavy (non-hydrogen) atoms. The maximum Gasteiger partial charge on any atom is 0.249 e. The number of hydrogen-bond donors (Lipinski definition) is 8. The molecule has 0 unspecified atom stereocenters. The third-order valence-corrected chi connectivity index (χ3v) is 12.2. The Hall–Kier alpha value is -1.41. The molecule has 1 saturated heterocycles. The second kappa shape index (κ2) is 40.1. The Morgan fingerprint density at radius 1 is 0.557 bits per heavy atom. The highest BCUT2D eigenvalue weighted by Crippen LogP contribution is 2.23. The third kappa shape index (κ3) is 29.6. The molecule has 0 aromatic rings. The monoisotopic (exact) mass is 870 g/mol. The molecule has 1 aliphatic rings. The van der Waals surface area contributed by atoms with Gasteiger partial charge in [0.2, 0.25) is 5.91 Å². The lowest BCUT2D eigenvalue weighted by atomic mass is 9.98. The lowest BCUT2D eigenvalue weighted by molar-refractivity contribution is -0.303. The smallest absolute Gasteiger partial charge is 0.249 e. The van der Waals surface area contributed by atoms with Crippen molar-refractivity contribution in [1.82, 2.24) is 5.32 Å². The van der Waals surface area contributed by atoms with Crippen LogP contribution in [0.5, 0.6) is 0 Å². The fourth-order valence-electron chi connectivity index (χ4n) is 8.02. The van der Waals surface area contributed by atoms with Gasteiger partial charge < -0.3 is 50.5 Å². The average Bonchev–Trinajstić information content (AvgIpc) is 3.26.